The number of fused-ring (bicyclic) bond motifs is 1. The van der Waals surface area contributed by atoms with E-state index in [1.807, 2.05) is 4.90 Å². The van der Waals surface area contributed by atoms with Gasteiger partial charge in [0.1, 0.15) is 5.82 Å². The van der Waals surface area contributed by atoms with Crippen LogP contribution in [-0.2, 0) is 10.9 Å². The largest absolute Gasteiger partial charge is 0.453 e. The standard InChI is InChI=1S/C29H32F4N6O3/c1-17-26(18(2)39(36-17)25-8-7-22(12-34-25)29(31,32)33)27(40)38-15-20-13-37(14-21(20)16-38)10-9-24(35-28(41)42-3)19-5-4-6-23(30)11-19/h4-8,11-12,20-21,24H,9-10,13-16H2,1-3H3,(H,35,41)/t20?,21?,24-/m0/s1. The number of aromatic nitrogens is 3. The molecule has 5 rings (SSSR count). The van der Waals surface area contributed by atoms with Crippen molar-refractivity contribution in [3.63, 3.8) is 0 Å². The van der Waals surface area contributed by atoms with Gasteiger partial charge >= 0.3 is 12.3 Å². The molecule has 2 aromatic heterocycles. The number of carbonyl (C=O) groups is 2. The van der Waals surface area contributed by atoms with Crippen LogP contribution in [0.25, 0.3) is 5.82 Å². The number of aryl methyl sites for hydroxylation is 1. The van der Waals surface area contributed by atoms with Crippen molar-refractivity contribution in [2.45, 2.75) is 32.5 Å². The molecule has 4 heterocycles. The smallest absolute Gasteiger partial charge is 0.417 e. The zero-order valence-corrected chi connectivity index (χ0v) is 23.5. The number of hydrogen-bond donors (Lipinski definition) is 1. The van der Waals surface area contributed by atoms with Crippen molar-refractivity contribution < 1.29 is 31.9 Å². The molecule has 9 nitrogen and oxygen atoms in total. The molecule has 2 aliphatic rings. The van der Waals surface area contributed by atoms with Crippen LogP contribution in [0.15, 0.2) is 42.6 Å². The normalized spacial score (nSPS) is 19.5. The minimum absolute atomic E-state index is 0.155. The summed E-state index contributed by atoms with van der Waals surface area (Å²) in [5.74, 6) is 0.230. The topological polar surface area (TPSA) is 92.6 Å². The van der Waals surface area contributed by atoms with E-state index in [0.29, 0.717) is 48.6 Å². The number of rotatable bonds is 7. The van der Waals surface area contributed by atoms with Crippen LogP contribution < -0.4 is 5.32 Å². The van der Waals surface area contributed by atoms with Gasteiger partial charge in [-0.05, 0) is 61.9 Å². The van der Waals surface area contributed by atoms with Crippen molar-refractivity contribution in [3.8, 4) is 5.82 Å². The van der Waals surface area contributed by atoms with Gasteiger partial charge in [-0.3, -0.25) is 4.79 Å². The van der Waals surface area contributed by atoms with Gasteiger partial charge in [-0.2, -0.15) is 18.3 Å². The van der Waals surface area contributed by atoms with E-state index in [9.17, 15) is 27.2 Å². The van der Waals surface area contributed by atoms with Crippen molar-refractivity contribution in [2.24, 2.45) is 11.8 Å². The van der Waals surface area contributed by atoms with Gasteiger partial charge in [-0.15, -0.1) is 0 Å². The summed E-state index contributed by atoms with van der Waals surface area (Å²) in [6, 6.07) is 7.91. The molecule has 0 radical (unpaired) electrons. The van der Waals surface area contributed by atoms with Crippen molar-refractivity contribution in [2.75, 3.05) is 39.8 Å². The Bertz CT molecular complexity index is 1440. The lowest BCUT2D eigenvalue weighted by atomic mass is 10.0. The molecule has 2 aliphatic heterocycles. The van der Waals surface area contributed by atoms with Crippen molar-refractivity contribution in [1.29, 1.82) is 0 Å². The monoisotopic (exact) mass is 588 g/mol. The second kappa shape index (κ2) is 11.7. The fraction of sp³-hybridized carbons (Fsp3) is 0.448. The van der Waals surface area contributed by atoms with Gasteiger partial charge in [0.05, 0.1) is 35.7 Å². The molecule has 2 amide bonds. The van der Waals surface area contributed by atoms with E-state index in [0.717, 1.165) is 25.4 Å². The number of pyridine rings is 1. The molecule has 3 atom stereocenters. The molecular formula is C29H32F4N6O3. The molecule has 0 saturated carbocycles. The molecule has 2 saturated heterocycles. The van der Waals surface area contributed by atoms with E-state index < -0.39 is 23.9 Å². The molecule has 0 spiro atoms. The van der Waals surface area contributed by atoms with Crippen LogP contribution in [0.1, 0.15) is 45.3 Å². The first-order chi connectivity index (χ1) is 19.9. The number of nitrogens with zero attached hydrogens (tertiary/aromatic N) is 5. The van der Waals surface area contributed by atoms with Crippen LogP contribution >= 0.6 is 0 Å². The summed E-state index contributed by atoms with van der Waals surface area (Å²) in [5, 5.41) is 7.19. The number of hydrogen-bond acceptors (Lipinski definition) is 6. The van der Waals surface area contributed by atoms with E-state index >= 15 is 0 Å². The third-order valence-electron chi connectivity index (χ3n) is 8.11. The minimum atomic E-state index is -4.49. The highest BCUT2D eigenvalue weighted by Gasteiger charge is 2.42. The summed E-state index contributed by atoms with van der Waals surface area (Å²) < 4.78 is 58.8. The highest BCUT2D eigenvalue weighted by Crippen LogP contribution is 2.34. The molecule has 1 aromatic carbocycles. The molecule has 0 aliphatic carbocycles. The minimum Gasteiger partial charge on any atom is -0.453 e. The SMILES string of the molecule is COC(=O)N[C@@H](CCN1CC2CN(C(=O)c3c(C)nn(-c4ccc(C(F)(F)F)cn4)c3C)CC2C1)c1cccc(F)c1. The Labute approximate surface area is 240 Å². The fourth-order valence-corrected chi connectivity index (χ4v) is 6.01. The molecular weight excluding hydrogens is 556 g/mol. The number of halogens is 4. The number of carbonyl (C=O) groups excluding carboxylic acids is 2. The maximum absolute atomic E-state index is 13.8. The third-order valence-corrected chi connectivity index (χ3v) is 8.11. The highest BCUT2D eigenvalue weighted by molar-refractivity contribution is 5.96. The third kappa shape index (κ3) is 6.10. The van der Waals surface area contributed by atoms with Crippen LogP contribution in [0.5, 0.6) is 0 Å². The second-order valence-corrected chi connectivity index (χ2v) is 10.9. The number of benzene rings is 1. The van der Waals surface area contributed by atoms with E-state index in [-0.39, 0.29) is 29.4 Å². The Morgan fingerprint density at radius 2 is 1.81 bits per heavy atom. The van der Waals surface area contributed by atoms with E-state index in [1.165, 1.54) is 30.0 Å². The molecule has 1 N–H and O–H groups in total. The fourth-order valence-electron chi connectivity index (χ4n) is 6.01. The first-order valence-corrected chi connectivity index (χ1v) is 13.7. The lowest BCUT2D eigenvalue weighted by molar-refractivity contribution is -0.137. The molecule has 13 heteroatoms. The predicted molar refractivity (Wildman–Crippen MR) is 144 cm³/mol. The van der Waals surface area contributed by atoms with Crippen molar-refractivity contribution >= 4 is 12.0 Å². The van der Waals surface area contributed by atoms with Gasteiger partial charge in [0.2, 0.25) is 0 Å². The van der Waals surface area contributed by atoms with Crippen molar-refractivity contribution in [3.05, 3.63) is 76.5 Å². The summed E-state index contributed by atoms with van der Waals surface area (Å²) in [7, 11) is 1.28. The van der Waals surface area contributed by atoms with Crippen LogP contribution in [0.4, 0.5) is 22.4 Å². The Morgan fingerprint density at radius 1 is 1.10 bits per heavy atom. The number of ether oxygens (including phenoxy) is 1. The van der Waals surface area contributed by atoms with Gasteiger partial charge in [0.25, 0.3) is 5.91 Å². The highest BCUT2D eigenvalue weighted by atomic mass is 19.4. The van der Waals surface area contributed by atoms with Gasteiger partial charge in [0, 0.05) is 38.9 Å². The average molecular weight is 589 g/mol. The van der Waals surface area contributed by atoms with E-state index in [1.54, 1.807) is 26.0 Å². The van der Waals surface area contributed by atoms with Gasteiger partial charge in [-0.25, -0.2) is 18.9 Å². The molecule has 42 heavy (non-hydrogen) atoms. The first-order valence-electron chi connectivity index (χ1n) is 13.7. The Hall–Kier alpha value is -4.00. The Balaban J connectivity index is 1.21. The summed E-state index contributed by atoms with van der Waals surface area (Å²) >= 11 is 0. The quantitative estimate of drug-likeness (QED) is 0.408. The van der Waals surface area contributed by atoms with Gasteiger partial charge in [-0.1, -0.05) is 12.1 Å². The summed E-state index contributed by atoms with van der Waals surface area (Å²) in [4.78, 5) is 33.5. The van der Waals surface area contributed by atoms with Crippen LogP contribution in [0, 0.1) is 31.5 Å². The lowest BCUT2D eigenvalue weighted by Crippen LogP contribution is -2.35. The molecule has 224 valence electrons. The van der Waals surface area contributed by atoms with Gasteiger partial charge in [0.15, 0.2) is 5.82 Å². The number of alkyl halides is 3. The Morgan fingerprint density at radius 3 is 2.40 bits per heavy atom. The van der Waals surface area contributed by atoms with E-state index in [4.69, 9.17) is 4.74 Å². The molecule has 2 fully saturated rings. The summed E-state index contributed by atoms with van der Waals surface area (Å²) in [6.45, 7) is 6.83. The maximum atomic E-state index is 13.8. The summed E-state index contributed by atoms with van der Waals surface area (Å²) in [5.41, 5.74) is 1.24. The molecule has 0 bridgehead atoms. The predicted octanol–water partition coefficient (Wildman–Crippen LogP) is 4.53. The molecule has 2 unspecified atom stereocenters. The first kappa shape index (κ1) is 29.5. The van der Waals surface area contributed by atoms with Crippen LogP contribution in [-0.4, -0.2) is 76.4 Å². The molecule has 3 aromatic rings. The lowest BCUT2D eigenvalue weighted by Gasteiger charge is -2.24. The van der Waals surface area contributed by atoms with Gasteiger partial charge < -0.3 is 19.9 Å². The summed E-state index contributed by atoms with van der Waals surface area (Å²) in [6.07, 6.45) is -3.75. The average Bonchev–Trinajstić information content (AvgIpc) is 3.61. The van der Waals surface area contributed by atoms with Crippen LogP contribution in [0.3, 0.4) is 0 Å². The number of likely N-dealkylation sites (tertiary alicyclic amines) is 2. The number of nitrogens with one attached hydrogen (secondary N) is 1. The van der Waals surface area contributed by atoms with E-state index in [2.05, 4.69) is 20.3 Å². The van der Waals surface area contributed by atoms with Crippen molar-refractivity contribution in [1.82, 2.24) is 29.9 Å². The Kier molecular flexibility index (Phi) is 8.22. The number of alkyl carbamates (subject to hydrolysis) is 1. The maximum Gasteiger partial charge on any atom is 0.417 e. The zero-order chi connectivity index (χ0) is 30.2. The number of amides is 2. The van der Waals surface area contributed by atoms with Crippen LogP contribution in [0.2, 0.25) is 0 Å². The zero-order valence-electron chi connectivity index (χ0n) is 23.5. The second-order valence-electron chi connectivity index (χ2n) is 10.9. The number of methoxy groups -OCH3 is 1.